The fourth-order valence-corrected chi connectivity index (χ4v) is 3.22. The van der Waals surface area contributed by atoms with Gasteiger partial charge in [-0.2, -0.15) is 0 Å². The molecule has 1 aliphatic rings. The lowest BCUT2D eigenvalue weighted by Gasteiger charge is -2.32. The lowest BCUT2D eigenvalue weighted by Crippen LogP contribution is -2.44. The van der Waals surface area contributed by atoms with Gasteiger partial charge in [0.15, 0.2) is 0 Å². The SMILES string of the molecule is CCn1ccc2ccn(CCCN3CCN(C)CC3)c(=O)c21. The topological polar surface area (TPSA) is 33.4 Å². The smallest absolute Gasteiger partial charge is 0.275 e. The Kier molecular flexibility index (Phi) is 4.64. The van der Waals surface area contributed by atoms with Crippen LogP contribution in [0.25, 0.3) is 10.9 Å². The highest BCUT2D eigenvalue weighted by Crippen LogP contribution is 2.11. The van der Waals surface area contributed by atoms with Gasteiger partial charge in [-0.3, -0.25) is 4.79 Å². The first-order chi connectivity index (χ1) is 10.7. The fourth-order valence-electron chi connectivity index (χ4n) is 3.22. The molecule has 0 amide bonds. The molecule has 2 aromatic rings. The molecule has 0 aromatic carbocycles. The average molecular weight is 302 g/mol. The van der Waals surface area contributed by atoms with Gasteiger partial charge in [-0.1, -0.05) is 0 Å². The third-order valence-corrected chi connectivity index (χ3v) is 4.70. The molecule has 0 aliphatic carbocycles. The first-order valence-corrected chi connectivity index (χ1v) is 8.28. The number of nitrogens with zero attached hydrogens (tertiary/aromatic N) is 4. The third kappa shape index (κ3) is 3.10. The lowest BCUT2D eigenvalue weighted by molar-refractivity contribution is 0.151. The normalized spacial score (nSPS) is 17.4. The van der Waals surface area contributed by atoms with Crippen LogP contribution < -0.4 is 5.56 Å². The van der Waals surface area contributed by atoms with Crippen LogP contribution in [0.5, 0.6) is 0 Å². The van der Waals surface area contributed by atoms with Crippen LogP contribution in [0.4, 0.5) is 0 Å². The van der Waals surface area contributed by atoms with Gasteiger partial charge < -0.3 is 18.9 Å². The van der Waals surface area contributed by atoms with Gasteiger partial charge in [-0.05, 0) is 39.1 Å². The van der Waals surface area contributed by atoms with Gasteiger partial charge in [0.2, 0.25) is 0 Å². The van der Waals surface area contributed by atoms with Crippen molar-refractivity contribution in [3.05, 3.63) is 34.9 Å². The Hall–Kier alpha value is -1.59. The van der Waals surface area contributed by atoms with E-state index in [1.54, 1.807) is 0 Å². The average Bonchev–Trinajstić information content (AvgIpc) is 2.95. The molecule has 0 N–H and O–H groups in total. The van der Waals surface area contributed by atoms with Crippen LogP contribution in [0.15, 0.2) is 29.3 Å². The van der Waals surface area contributed by atoms with Crippen molar-refractivity contribution in [1.82, 2.24) is 18.9 Å². The molecule has 22 heavy (non-hydrogen) atoms. The zero-order valence-electron chi connectivity index (χ0n) is 13.7. The van der Waals surface area contributed by atoms with Crippen molar-refractivity contribution >= 4 is 10.9 Å². The third-order valence-electron chi connectivity index (χ3n) is 4.70. The lowest BCUT2D eigenvalue weighted by atomic mass is 10.3. The van der Waals surface area contributed by atoms with Crippen LogP contribution in [-0.2, 0) is 13.1 Å². The van der Waals surface area contributed by atoms with E-state index < -0.39 is 0 Å². The molecular weight excluding hydrogens is 276 g/mol. The van der Waals surface area contributed by atoms with E-state index in [0.29, 0.717) is 0 Å². The number of hydrogen-bond donors (Lipinski definition) is 0. The second kappa shape index (κ2) is 6.67. The Morgan fingerprint density at radius 3 is 2.36 bits per heavy atom. The van der Waals surface area contributed by atoms with Crippen molar-refractivity contribution in [3.63, 3.8) is 0 Å². The molecule has 5 heteroatoms. The zero-order valence-corrected chi connectivity index (χ0v) is 13.7. The highest BCUT2D eigenvalue weighted by Gasteiger charge is 2.13. The highest BCUT2D eigenvalue weighted by atomic mass is 16.1. The van der Waals surface area contributed by atoms with E-state index in [9.17, 15) is 4.79 Å². The van der Waals surface area contributed by atoms with Crippen LogP contribution in [0.1, 0.15) is 13.3 Å². The molecule has 0 radical (unpaired) electrons. The van der Waals surface area contributed by atoms with Gasteiger partial charge in [-0.15, -0.1) is 0 Å². The Bertz CT molecular complexity index is 680. The Labute approximate surface area is 131 Å². The van der Waals surface area contributed by atoms with Crippen molar-refractivity contribution in [1.29, 1.82) is 0 Å². The van der Waals surface area contributed by atoms with Gasteiger partial charge >= 0.3 is 0 Å². The Balaban J connectivity index is 1.64. The summed E-state index contributed by atoms with van der Waals surface area (Å²) in [7, 11) is 2.18. The highest BCUT2D eigenvalue weighted by molar-refractivity contribution is 5.78. The molecular formula is C17H26N4O. The van der Waals surface area contributed by atoms with Gasteiger partial charge in [0, 0.05) is 57.0 Å². The van der Waals surface area contributed by atoms with Gasteiger partial charge in [0.25, 0.3) is 5.56 Å². The van der Waals surface area contributed by atoms with Crippen LogP contribution in [0.3, 0.4) is 0 Å². The van der Waals surface area contributed by atoms with Crippen LogP contribution >= 0.6 is 0 Å². The zero-order chi connectivity index (χ0) is 15.5. The summed E-state index contributed by atoms with van der Waals surface area (Å²) in [5.41, 5.74) is 0.979. The van der Waals surface area contributed by atoms with Crippen molar-refractivity contribution < 1.29 is 0 Å². The Morgan fingerprint density at radius 2 is 1.68 bits per heavy atom. The molecule has 0 unspecified atom stereocenters. The fraction of sp³-hybridized carbons (Fsp3) is 0.588. The molecule has 0 atom stereocenters. The molecule has 1 saturated heterocycles. The summed E-state index contributed by atoms with van der Waals surface area (Å²) in [6.45, 7) is 9.37. The quantitative estimate of drug-likeness (QED) is 0.838. The van der Waals surface area contributed by atoms with Crippen molar-refractivity contribution in [2.75, 3.05) is 39.8 Å². The van der Waals surface area contributed by atoms with Crippen LogP contribution in [0.2, 0.25) is 0 Å². The molecule has 1 fully saturated rings. The number of likely N-dealkylation sites (N-methyl/N-ethyl adjacent to an activating group) is 1. The maximum absolute atomic E-state index is 12.6. The number of pyridine rings is 1. The van der Waals surface area contributed by atoms with E-state index in [1.165, 1.54) is 0 Å². The van der Waals surface area contributed by atoms with E-state index in [2.05, 4.69) is 29.8 Å². The van der Waals surface area contributed by atoms with E-state index in [4.69, 9.17) is 0 Å². The molecule has 0 bridgehead atoms. The number of rotatable bonds is 5. The summed E-state index contributed by atoms with van der Waals surface area (Å²) in [5.74, 6) is 0. The van der Waals surface area contributed by atoms with E-state index in [0.717, 1.165) is 63.1 Å². The second-order valence-corrected chi connectivity index (χ2v) is 6.22. The summed E-state index contributed by atoms with van der Waals surface area (Å²) in [6, 6.07) is 4.08. The van der Waals surface area contributed by atoms with Gasteiger partial charge in [0.1, 0.15) is 5.52 Å². The van der Waals surface area contributed by atoms with Gasteiger partial charge in [0.05, 0.1) is 0 Å². The minimum absolute atomic E-state index is 0.141. The van der Waals surface area contributed by atoms with Crippen molar-refractivity contribution in [2.45, 2.75) is 26.4 Å². The van der Waals surface area contributed by atoms with E-state index in [-0.39, 0.29) is 5.56 Å². The summed E-state index contributed by atoms with van der Waals surface area (Å²) in [4.78, 5) is 17.5. The van der Waals surface area contributed by atoms with Crippen molar-refractivity contribution in [2.24, 2.45) is 0 Å². The van der Waals surface area contributed by atoms with E-state index in [1.807, 2.05) is 27.6 Å². The monoisotopic (exact) mass is 302 g/mol. The molecule has 3 rings (SSSR count). The maximum Gasteiger partial charge on any atom is 0.275 e. The van der Waals surface area contributed by atoms with Gasteiger partial charge in [-0.25, -0.2) is 0 Å². The minimum Gasteiger partial charge on any atom is -0.343 e. The van der Waals surface area contributed by atoms with Crippen LogP contribution in [0, 0.1) is 0 Å². The molecule has 2 aromatic heterocycles. The van der Waals surface area contributed by atoms with Crippen molar-refractivity contribution in [3.8, 4) is 0 Å². The Morgan fingerprint density at radius 1 is 1.00 bits per heavy atom. The molecule has 0 saturated carbocycles. The second-order valence-electron chi connectivity index (χ2n) is 6.22. The molecule has 3 heterocycles. The number of piperazine rings is 1. The minimum atomic E-state index is 0.141. The predicted octanol–water partition coefficient (Wildman–Crippen LogP) is 1.46. The number of aryl methyl sites for hydroxylation is 2. The summed E-state index contributed by atoms with van der Waals surface area (Å²) >= 11 is 0. The summed E-state index contributed by atoms with van der Waals surface area (Å²) in [6.07, 6.45) is 4.97. The molecule has 5 nitrogen and oxygen atoms in total. The first-order valence-electron chi connectivity index (χ1n) is 8.28. The van der Waals surface area contributed by atoms with E-state index >= 15 is 0 Å². The summed E-state index contributed by atoms with van der Waals surface area (Å²) < 4.78 is 3.90. The maximum atomic E-state index is 12.6. The van der Waals surface area contributed by atoms with Crippen LogP contribution in [-0.4, -0.2) is 58.7 Å². The number of hydrogen-bond acceptors (Lipinski definition) is 3. The molecule has 120 valence electrons. The standard InChI is InChI=1S/C17H26N4O/c1-3-20-9-5-15-6-10-21(17(22)16(15)20)8-4-7-19-13-11-18(2)12-14-19/h5-6,9-10H,3-4,7-8,11-14H2,1-2H3. The largest absolute Gasteiger partial charge is 0.343 e. The molecule has 1 aliphatic heterocycles. The summed E-state index contributed by atoms with van der Waals surface area (Å²) in [5, 5.41) is 1.04. The number of aromatic nitrogens is 2. The first kappa shape index (κ1) is 15.3. The predicted molar refractivity (Wildman–Crippen MR) is 90.4 cm³/mol. The number of fused-ring (bicyclic) bond motifs is 1. The molecule has 0 spiro atoms.